The fourth-order valence-electron chi connectivity index (χ4n) is 3.44. The lowest BCUT2D eigenvalue weighted by molar-refractivity contribution is -0.141. The quantitative estimate of drug-likeness (QED) is 0.258. The summed E-state index contributed by atoms with van der Waals surface area (Å²) in [7, 11) is 0. The molecule has 0 radical (unpaired) electrons. The van der Waals surface area contributed by atoms with E-state index in [9.17, 15) is 19.2 Å². The second kappa shape index (κ2) is 9.55. The van der Waals surface area contributed by atoms with Gasteiger partial charge >= 0.3 is 18.2 Å². The van der Waals surface area contributed by atoms with Gasteiger partial charge in [0.05, 0.1) is 6.04 Å². The Morgan fingerprint density at radius 2 is 1.66 bits per heavy atom. The van der Waals surface area contributed by atoms with Gasteiger partial charge in [0.1, 0.15) is 11.6 Å². The van der Waals surface area contributed by atoms with Crippen molar-refractivity contribution < 1.29 is 23.9 Å². The van der Waals surface area contributed by atoms with E-state index in [2.05, 4.69) is 34.1 Å². The molecule has 4 N–H and O–H groups in total. The Balaban J connectivity index is 1.38. The highest BCUT2D eigenvalue weighted by atomic mass is 32.1. The molecule has 32 heavy (non-hydrogen) atoms. The van der Waals surface area contributed by atoms with E-state index in [1.165, 1.54) is 9.21 Å². The largest absolute Gasteiger partial charge is 0.444 e. The van der Waals surface area contributed by atoms with Gasteiger partial charge in [-0.1, -0.05) is 12.8 Å². The molecular formula is C20H28N6O5S. The van der Waals surface area contributed by atoms with Crippen molar-refractivity contribution in [2.24, 2.45) is 0 Å². The normalized spacial score (nSPS) is 19.6. The highest BCUT2D eigenvalue weighted by Crippen LogP contribution is 2.35. The van der Waals surface area contributed by atoms with Crippen LogP contribution < -0.4 is 21.3 Å². The molecule has 174 valence electrons. The molecule has 0 bridgehead atoms. The highest BCUT2D eigenvalue weighted by Gasteiger charge is 2.54. The molecule has 2 atom stereocenters. The van der Waals surface area contributed by atoms with Crippen LogP contribution in [0.5, 0.6) is 0 Å². The Morgan fingerprint density at radius 3 is 2.28 bits per heavy atom. The van der Waals surface area contributed by atoms with Crippen molar-refractivity contribution in [2.75, 3.05) is 30.3 Å². The maximum absolute atomic E-state index is 12.5. The molecule has 6 amide bonds. The van der Waals surface area contributed by atoms with Crippen LogP contribution in [0.3, 0.4) is 0 Å². The topological polar surface area (TPSA) is 132 Å². The van der Waals surface area contributed by atoms with E-state index in [1.54, 1.807) is 45.0 Å². The second-order valence-electron chi connectivity index (χ2n) is 8.49. The first kappa shape index (κ1) is 23.5. The molecule has 2 aliphatic rings. The van der Waals surface area contributed by atoms with Crippen LogP contribution in [0.1, 0.15) is 27.2 Å². The van der Waals surface area contributed by atoms with E-state index >= 15 is 0 Å². The smallest absolute Gasteiger partial charge is 0.407 e. The number of carbonyl (C=O) groups is 4. The molecule has 2 heterocycles. The minimum atomic E-state index is -0.584. The summed E-state index contributed by atoms with van der Waals surface area (Å²) in [4.78, 5) is 49.4. The van der Waals surface area contributed by atoms with Crippen molar-refractivity contribution in [1.82, 2.24) is 19.8 Å². The molecule has 11 nitrogen and oxygen atoms in total. The third-order valence-corrected chi connectivity index (χ3v) is 5.39. The Morgan fingerprint density at radius 1 is 1.06 bits per heavy atom. The van der Waals surface area contributed by atoms with E-state index in [-0.39, 0.29) is 31.1 Å². The molecule has 0 aliphatic carbocycles. The van der Waals surface area contributed by atoms with E-state index < -0.39 is 23.8 Å². The van der Waals surface area contributed by atoms with Crippen LogP contribution in [0.25, 0.3) is 0 Å². The molecule has 0 spiro atoms. The third-order valence-electron chi connectivity index (χ3n) is 4.89. The van der Waals surface area contributed by atoms with Crippen LogP contribution in [0.4, 0.5) is 25.8 Å². The van der Waals surface area contributed by atoms with Crippen molar-refractivity contribution >= 4 is 48.3 Å². The fourth-order valence-corrected chi connectivity index (χ4v) is 3.80. The van der Waals surface area contributed by atoms with Crippen molar-refractivity contribution in [2.45, 2.75) is 44.9 Å². The van der Waals surface area contributed by atoms with Gasteiger partial charge in [-0.15, -0.1) is 0 Å². The lowest BCUT2D eigenvalue weighted by Crippen LogP contribution is -2.63. The SMILES string of the molecule is CC(C)(C)OC(=O)NCCNC(=O)Nc1ccc(NC(=O)N2CC[C@@H]3[C@H]2C(=O)N3S)cc1. The standard InChI is InChI=1S/C20H28N6O5S/c1-20(2,3)31-19(30)22-10-9-21-17(28)23-12-4-6-13(7-5-12)24-18(29)25-11-8-14-15(25)16(27)26(14)32/h4-7,14-15,32H,8-11H2,1-3H3,(H,22,30)(H,24,29)(H2,21,23,28)/t14-,15+/m1/s1. The van der Waals surface area contributed by atoms with Gasteiger partial charge in [-0.3, -0.25) is 9.10 Å². The third kappa shape index (κ3) is 5.75. The maximum atomic E-state index is 12.5. The number of fused-ring (bicyclic) bond motifs is 1. The molecular weight excluding hydrogens is 436 g/mol. The summed E-state index contributed by atoms with van der Waals surface area (Å²) < 4.78 is 6.47. The number of nitrogens with zero attached hydrogens (tertiary/aromatic N) is 2. The Bertz CT molecular complexity index is 887. The van der Waals surface area contributed by atoms with E-state index in [1.807, 2.05) is 0 Å². The molecule has 0 aromatic heterocycles. The van der Waals surface area contributed by atoms with Gasteiger partial charge in [-0.2, -0.15) is 0 Å². The molecule has 3 rings (SSSR count). The average molecular weight is 465 g/mol. The van der Waals surface area contributed by atoms with Gasteiger partial charge < -0.3 is 30.9 Å². The number of carbonyl (C=O) groups excluding carboxylic acids is 4. The Labute approximate surface area is 191 Å². The first-order chi connectivity index (χ1) is 15.0. The Hall–Kier alpha value is -3.15. The molecule has 2 fully saturated rings. The first-order valence-electron chi connectivity index (χ1n) is 10.3. The number of β-lactam (4-membered cyclic amide) rings is 1. The van der Waals surface area contributed by atoms with Crippen molar-refractivity contribution in [3.63, 3.8) is 0 Å². The summed E-state index contributed by atoms with van der Waals surface area (Å²) in [5, 5.41) is 10.6. The summed E-state index contributed by atoms with van der Waals surface area (Å²) in [5.41, 5.74) is 0.488. The number of thiol groups is 1. The first-order valence-corrected chi connectivity index (χ1v) is 10.7. The minimum Gasteiger partial charge on any atom is -0.444 e. The van der Waals surface area contributed by atoms with E-state index in [4.69, 9.17) is 4.74 Å². The van der Waals surface area contributed by atoms with E-state index in [0.29, 0.717) is 24.3 Å². The number of urea groups is 2. The fraction of sp³-hybridized carbons (Fsp3) is 0.500. The highest BCUT2D eigenvalue weighted by molar-refractivity contribution is 7.78. The minimum absolute atomic E-state index is 0.0268. The van der Waals surface area contributed by atoms with E-state index in [0.717, 1.165) is 0 Å². The molecule has 0 saturated carbocycles. The van der Waals surface area contributed by atoms with Gasteiger partial charge in [-0.05, 0) is 51.5 Å². The lowest BCUT2D eigenvalue weighted by atomic mass is 10.0. The zero-order chi connectivity index (χ0) is 23.5. The number of alkyl carbamates (subject to hydrolysis) is 1. The number of nitrogens with one attached hydrogen (secondary N) is 4. The summed E-state index contributed by atoms with van der Waals surface area (Å²) in [5.74, 6) is -0.169. The zero-order valence-corrected chi connectivity index (χ0v) is 19.1. The van der Waals surface area contributed by atoms with Gasteiger partial charge in [0.15, 0.2) is 0 Å². The molecule has 0 unspecified atom stereocenters. The summed E-state index contributed by atoms with van der Waals surface area (Å²) in [6.45, 7) is 6.23. The van der Waals surface area contributed by atoms with Gasteiger partial charge in [0.2, 0.25) is 0 Å². The number of anilines is 2. The van der Waals surface area contributed by atoms with Gasteiger partial charge in [-0.25, -0.2) is 14.4 Å². The Kier molecular flexibility index (Phi) is 7.02. The second-order valence-corrected chi connectivity index (χ2v) is 8.93. The van der Waals surface area contributed by atoms with Gasteiger partial charge in [0.25, 0.3) is 5.91 Å². The number of hydrogen-bond donors (Lipinski definition) is 5. The number of amides is 6. The molecule has 12 heteroatoms. The number of likely N-dealkylation sites (tertiary alicyclic amines) is 1. The maximum Gasteiger partial charge on any atom is 0.407 e. The summed E-state index contributed by atoms with van der Waals surface area (Å²) in [6.07, 6.45) is 0.157. The van der Waals surface area contributed by atoms with Crippen LogP contribution in [-0.4, -0.2) is 70.6 Å². The number of hydrogen-bond acceptors (Lipinski definition) is 6. The van der Waals surface area contributed by atoms with Crippen LogP contribution >= 0.6 is 12.8 Å². The van der Waals surface area contributed by atoms with Gasteiger partial charge in [0, 0.05) is 31.0 Å². The molecule has 2 aliphatic heterocycles. The predicted molar refractivity (Wildman–Crippen MR) is 121 cm³/mol. The van der Waals surface area contributed by atoms with Crippen molar-refractivity contribution in [3.05, 3.63) is 24.3 Å². The lowest BCUT2D eigenvalue weighted by Gasteiger charge is -2.41. The molecule has 1 aromatic rings. The van der Waals surface area contributed by atoms with Crippen LogP contribution in [0.2, 0.25) is 0 Å². The van der Waals surface area contributed by atoms with Crippen molar-refractivity contribution in [3.8, 4) is 0 Å². The summed E-state index contributed by atoms with van der Waals surface area (Å²) in [6, 6.07) is 5.34. The zero-order valence-electron chi connectivity index (χ0n) is 18.2. The average Bonchev–Trinajstić information content (AvgIpc) is 3.12. The van der Waals surface area contributed by atoms with Crippen LogP contribution in [0.15, 0.2) is 24.3 Å². The van der Waals surface area contributed by atoms with Crippen LogP contribution in [-0.2, 0) is 9.53 Å². The monoisotopic (exact) mass is 464 g/mol. The molecule has 1 aromatic carbocycles. The van der Waals surface area contributed by atoms with Crippen LogP contribution in [0, 0.1) is 0 Å². The summed E-state index contributed by atoms with van der Waals surface area (Å²) >= 11 is 4.11. The number of benzene rings is 1. The molecule has 2 saturated heterocycles. The number of ether oxygens (including phenoxy) is 1. The van der Waals surface area contributed by atoms with Crippen molar-refractivity contribution in [1.29, 1.82) is 0 Å². The predicted octanol–water partition coefficient (Wildman–Crippen LogP) is 1.99. The number of rotatable bonds is 5.